The third-order valence-electron chi connectivity index (χ3n) is 4.66. The zero-order chi connectivity index (χ0) is 22.4. The van der Waals surface area contributed by atoms with Gasteiger partial charge in [0, 0.05) is 31.1 Å². The van der Waals surface area contributed by atoms with Gasteiger partial charge in [0.2, 0.25) is 0 Å². The van der Waals surface area contributed by atoms with Crippen LogP contribution in [-0.2, 0) is 16.1 Å². The Morgan fingerprint density at radius 2 is 1.69 bits per heavy atom. The van der Waals surface area contributed by atoms with E-state index in [0.717, 1.165) is 5.56 Å². The van der Waals surface area contributed by atoms with Gasteiger partial charge in [0.25, 0.3) is 5.91 Å². The van der Waals surface area contributed by atoms with Crippen LogP contribution in [0.25, 0.3) is 11.1 Å². The molecule has 1 atom stereocenters. The number of hydrogen-bond donors (Lipinski definition) is 3. The minimum absolute atomic E-state index is 0. The van der Waals surface area contributed by atoms with Crippen LogP contribution in [0.5, 0.6) is 0 Å². The van der Waals surface area contributed by atoms with Gasteiger partial charge in [0.05, 0.1) is 5.56 Å². The standard InChI is InChI=1S/C23H22F2N4O2.ClH/c1-2-31-21(23(30)29-13-14-3-5-16(6-4-14)22(26)27)20-18(24)11-17(12-19(20)25)15-7-9-28-10-8-15;/h3-12,21H,2,13H2,1H3,(H3,26,27)(H,29,30);1H/t21-;/m0./s1. The number of aromatic nitrogens is 1. The number of rotatable bonds is 8. The Morgan fingerprint density at radius 1 is 1.09 bits per heavy atom. The molecule has 0 radical (unpaired) electrons. The molecule has 32 heavy (non-hydrogen) atoms. The number of amides is 1. The molecule has 0 aliphatic carbocycles. The number of hydrogen-bond acceptors (Lipinski definition) is 4. The molecule has 0 bridgehead atoms. The van der Waals surface area contributed by atoms with Crippen molar-refractivity contribution in [3.05, 3.63) is 89.2 Å². The first-order valence-corrected chi connectivity index (χ1v) is 9.62. The summed E-state index contributed by atoms with van der Waals surface area (Å²) >= 11 is 0. The first kappa shape index (κ1) is 24.9. The second kappa shape index (κ2) is 11.3. The average molecular weight is 461 g/mol. The van der Waals surface area contributed by atoms with Gasteiger partial charge in [0.1, 0.15) is 17.5 Å². The molecule has 1 heterocycles. The molecule has 4 N–H and O–H groups in total. The molecule has 3 rings (SSSR count). The number of amidine groups is 1. The maximum Gasteiger partial charge on any atom is 0.254 e. The van der Waals surface area contributed by atoms with Crippen LogP contribution in [0, 0.1) is 17.0 Å². The average Bonchev–Trinajstić information content (AvgIpc) is 2.77. The number of nitrogens with zero attached hydrogens (tertiary/aromatic N) is 1. The topological polar surface area (TPSA) is 101 Å². The normalized spacial score (nSPS) is 11.3. The fraction of sp³-hybridized carbons (Fsp3) is 0.174. The van der Waals surface area contributed by atoms with Crippen LogP contribution >= 0.6 is 12.4 Å². The number of nitrogens with one attached hydrogen (secondary N) is 2. The molecule has 0 aliphatic rings. The Morgan fingerprint density at radius 3 is 2.22 bits per heavy atom. The predicted molar refractivity (Wildman–Crippen MR) is 121 cm³/mol. The highest BCUT2D eigenvalue weighted by molar-refractivity contribution is 5.94. The third-order valence-corrected chi connectivity index (χ3v) is 4.66. The van der Waals surface area contributed by atoms with Crippen LogP contribution in [0.15, 0.2) is 60.9 Å². The second-order valence-electron chi connectivity index (χ2n) is 6.75. The summed E-state index contributed by atoms with van der Waals surface area (Å²) in [7, 11) is 0. The van der Waals surface area contributed by atoms with Crippen molar-refractivity contribution in [1.29, 1.82) is 5.41 Å². The van der Waals surface area contributed by atoms with Gasteiger partial charge in [-0.3, -0.25) is 15.2 Å². The lowest BCUT2D eigenvalue weighted by atomic mass is 10.0. The molecule has 0 unspecified atom stereocenters. The van der Waals surface area contributed by atoms with Crippen molar-refractivity contribution < 1.29 is 18.3 Å². The van der Waals surface area contributed by atoms with Gasteiger partial charge in [-0.05, 0) is 47.9 Å². The summed E-state index contributed by atoms with van der Waals surface area (Å²) in [6.45, 7) is 1.86. The highest BCUT2D eigenvalue weighted by Crippen LogP contribution is 2.29. The molecule has 3 aromatic rings. The lowest BCUT2D eigenvalue weighted by molar-refractivity contribution is -0.133. The van der Waals surface area contributed by atoms with E-state index in [1.165, 1.54) is 24.5 Å². The minimum Gasteiger partial charge on any atom is -0.384 e. The lowest BCUT2D eigenvalue weighted by Gasteiger charge is -2.19. The summed E-state index contributed by atoms with van der Waals surface area (Å²) in [4.78, 5) is 16.6. The van der Waals surface area contributed by atoms with E-state index in [1.54, 1.807) is 43.3 Å². The molecular formula is C23H23ClF2N4O2. The van der Waals surface area contributed by atoms with E-state index >= 15 is 0 Å². The molecule has 2 aromatic carbocycles. The predicted octanol–water partition coefficient (Wildman–Crippen LogP) is 4.13. The van der Waals surface area contributed by atoms with Gasteiger partial charge in [0.15, 0.2) is 6.10 Å². The van der Waals surface area contributed by atoms with Crippen LogP contribution in [-0.4, -0.2) is 23.3 Å². The molecule has 0 fully saturated rings. The Balaban J connectivity index is 0.00000363. The maximum absolute atomic E-state index is 14.9. The minimum atomic E-state index is -1.44. The quantitative estimate of drug-likeness (QED) is 0.347. The highest BCUT2D eigenvalue weighted by Gasteiger charge is 2.28. The van der Waals surface area contributed by atoms with Crippen LogP contribution in [0.2, 0.25) is 0 Å². The van der Waals surface area contributed by atoms with Gasteiger partial charge >= 0.3 is 0 Å². The van der Waals surface area contributed by atoms with E-state index in [2.05, 4.69) is 10.3 Å². The first-order chi connectivity index (χ1) is 14.9. The van der Waals surface area contributed by atoms with Crippen LogP contribution in [0.4, 0.5) is 8.78 Å². The Kier molecular flexibility index (Phi) is 8.80. The number of carbonyl (C=O) groups excluding carboxylic acids is 1. The Bertz CT molecular complexity index is 1060. The SMILES string of the molecule is CCO[C@H](C(=O)NCc1ccc(C(=N)N)cc1)c1c(F)cc(-c2ccncc2)cc1F.Cl. The fourth-order valence-corrected chi connectivity index (χ4v) is 3.09. The molecule has 168 valence electrons. The van der Waals surface area contributed by atoms with Gasteiger partial charge in [-0.25, -0.2) is 8.78 Å². The lowest BCUT2D eigenvalue weighted by Crippen LogP contribution is -2.31. The van der Waals surface area contributed by atoms with E-state index in [9.17, 15) is 13.6 Å². The van der Waals surface area contributed by atoms with Crippen LogP contribution < -0.4 is 11.1 Å². The Labute approximate surface area is 190 Å². The number of ether oxygens (including phenoxy) is 1. The van der Waals surface area contributed by atoms with E-state index in [1.807, 2.05) is 0 Å². The number of pyridine rings is 1. The number of halogens is 3. The van der Waals surface area contributed by atoms with Crippen molar-refractivity contribution >= 4 is 24.1 Å². The number of carbonyl (C=O) groups is 1. The van der Waals surface area contributed by atoms with Gasteiger partial charge in [-0.2, -0.15) is 0 Å². The summed E-state index contributed by atoms with van der Waals surface area (Å²) in [5.74, 6) is -2.46. The van der Waals surface area contributed by atoms with Crippen molar-refractivity contribution in [3.8, 4) is 11.1 Å². The Hall–Kier alpha value is -3.36. The molecule has 0 saturated carbocycles. The van der Waals surface area contributed by atoms with Crippen molar-refractivity contribution in [1.82, 2.24) is 10.3 Å². The third kappa shape index (κ3) is 5.87. The van der Waals surface area contributed by atoms with E-state index in [4.69, 9.17) is 15.9 Å². The second-order valence-corrected chi connectivity index (χ2v) is 6.75. The largest absolute Gasteiger partial charge is 0.384 e. The maximum atomic E-state index is 14.9. The van der Waals surface area contributed by atoms with Crippen molar-refractivity contribution in [3.63, 3.8) is 0 Å². The molecule has 0 aliphatic heterocycles. The molecule has 0 spiro atoms. The van der Waals surface area contributed by atoms with E-state index < -0.39 is 29.2 Å². The van der Waals surface area contributed by atoms with Crippen molar-refractivity contribution in [2.75, 3.05) is 6.61 Å². The number of benzene rings is 2. The zero-order valence-electron chi connectivity index (χ0n) is 17.3. The molecular weight excluding hydrogens is 438 g/mol. The smallest absolute Gasteiger partial charge is 0.254 e. The van der Waals surface area contributed by atoms with Gasteiger partial charge < -0.3 is 15.8 Å². The van der Waals surface area contributed by atoms with Crippen LogP contribution in [0.1, 0.15) is 29.7 Å². The number of nitrogen functional groups attached to an aromatic ring is 1. The van der Waals surface area contributed by atoms with Crippen molar-refractivity contribution in [2.45, 2.75) is 19.6 Å². The van der Waals surface area contributed by atoms with Gasteiger partial charge in [-0.15, -0.1) is 12.4 Å². The summed E-state index contributed by atoms with van der Waals surface area (Å²) in [5.41, 5.74) is 7.21. The van der Waals surface area contributed by atoms with E-state index in [0.29, 0.717) is 16.7 Å². The van der Waals surface area contributed by atoms with Crippen molar-refractivity contribution in [2.24, 2.45) is 5.73 Å². The highest BCUT2D eigenvalue weighted by atomic mass is 35.5. The molecule has 1 aromatic heterocycles. The molecule has 9 heteroatoms. The molecule has 1 amide bonds. The van der Waals surface area contributed by atoms with Gasteiger partial charge in [-0.1, -0.05) is 24.3 Å². The summed E-state index contributed by atoms with van der Waals surface area (Å²) in [6.07, 6.45) is 1.62. The van der Waals surface area contributed by atoms with Crippen LogP contribution in [0.3, 0.4) is 0 Å². The monoisotopic (exact) mass is 460 g/mol. The fourth-order valence-electron chi connectivity index (χ4n) is 3.09. The summed E-state index contributed by atoms with van der Waals surface area (Å²) in [5, 5.41) is 10.0. The summed E-state index contributed by atoms with van der Waals surface area (Å²) < 4.78 is 35.1. The molecule has 6 nitrogen and oxygen atoms in total. The van der Waals surface area contributed by atoms with E-state index in [-0.39, 0.29) is 31.4 Å². The zero-order valence-corrected chi connectivity index (χ0v) is 18.1. The molecule has 0 saturated heterocycles. The summed E-state index contributed by atoms with van der Waals surface area (Å²) in [6, 6.07) is 12.3. The first-order valence-electron chi connectivity index (χ1n) is 9.62. The number of nitrogens with two attached hydrogens (primary N) is 1.